The minimum Gasteiger partial charge on any atom is -0.368 e. The number of hydrogen-bond acceptors (Lipinski definition) is 6. The first-order valence-corrected chi connectivity index (χ1v) is 9.91. The second-order valence-corrected chi connectivity index (χ2v) is 9.19. The highest BCUT2D eigenvalue weighted by atomic mass is 32.1. The average Bonchev–Trinajstić information content (AvgIpc) is 3.17. The highest BCUT2D eigenvalue weighted by molar-refractivity contribution is 7.19. The average molecular weight is 344 g/mol. The van der Waals surface area contributed by atoms with Gasteiger partial charge in [-0.1, -0.05) is 6.92 Å². The summed E-state index contributed by atoms with van der Waals surface area (Å²) in [6, 6.07) is 0. The van der Waals surface area contributed by atoms with Crippen molar-refractivity contribution in [2.45, 2.75) is 26.2 Å². The highest BCUT2D eigenvalue weighted by Crippen LogP contribution is 2.43. The van der Waals surface area contributed by atoms with Gasteiger partial charge in [-0.15, -0.1) is 11.3 Å². The number of hydrogen-bond donors (Lipinski definition) is 1. The van der Waals surface area contributed by atoms with Crippen molar-refractivity contribution in [3.63, 3.8) is 0 Å². The van der Waals surface area contributed by atoms with Gasteiger partial charge in [-0.05, 0) is 49.6 Å². The van der Waals surface area contributed by atoms with Crippen molar-refractivity contribution in [2.24, 2.45) is 17.8 Å². The Labute approximate surface area is 146 Å². The quantitative estimate of drug-likeness (QED) is 0.862. The van der Waals surface area contributed by atoms with Crippen LogP contribution in [0, 0.1) is 17.8 Å². The van der Waals surface area contributed by atoms with Crippen LogP contribution < -0.4 is 10.6 Å². The number of nitrogens with two attached hydrogens (primary N) is 1. The fraction of sp³-hybridized carbons (Fsp3) is 0.667. The molecule has 2 aromatic heterocycles. The zero-order valence-electron chi connectivity index (χ0n) is 14.5. The lowest BCUT2D eigenvalue weighted by atomic mass is 9.89. The molecule has 1 aliphatic carbocycles. The van der Waals surface area contributed by atoms with Gasteiger partial charge in [0.2, 0.25) is 5.95 Å². The maximum atomic E-state index is 6.10. The van der Waals surface area contributed by atoms with E-state index in [1.807, 2.05) is 11.3 Å². The van der Waals surface area contributed by atoms with Crippen LogP contribution in [0.2, 0.25) is 0 Å². The summed E-state index contributed by atoms with van der Waals surface area (Å²) in [5.41, 5.74) is 8.69. The summed E-state index contributed by atoms with van der Waals surface area (Å²) in [7, 11) is 2.23. The summed E-state index contributed by atoms with van der Waals surface area (Å²) in [5.74, 6) is 3.83. The van der Waals surface area contributed by atoms with Crippen molar-refractivity contribution >= 4 is 33.3 Å². The summed E-state index contributed by atoms with van der Waals surface area (Å²) in [5, 5.41) is 0. The fourth-order valence-corrected chi connectivity index (χ4v) is 6.23. The van der Waals surface area contributed by atoms with Gasteiger partial charge in [-0.2, -0.15) is 4.98 Å². The summed E-state index contributed by atoms with van der Waals surface area (Å²) >= 11 is 1.92. The van der Waals surface area contributed by atoms with Crippen LogP contribution in [0.1, 0.15) is 23.8 Å². The molecule has 5 rings (SSSR count). The number of likely N-dealkylation sites (tertiary alicyclic amines) is 1. The summed E-state index contributed by atoms with van der Waals surface area (Å²) in [4.78, 5) is 15.8. The predicted octanol–water partition coefficient (Wildman–Crippen LogP) is 2.40. The molecule has 1 unspecified atom stereocenters. The van der Waals surface area contributed by atoms with Crippen LogP contribution in [0.4, 0.5) is 11.8 Å². The van der Waals surface area contributed by atoms with Crippen LogP contribution in [-0.2, 0) is 12.8 Å². The molecule has 0 spiro atoms. The molecule has 24 heavy (non-hydrogen) atoms. The van der Waals surface area contributed by atoms with E-state index in [9.17, 15) is 0 Å². The zero-order chi connectivity index (χ0) is 16.4. The minimum atomic E-state index is 0.436. The molecule has 6 heteroatoms. The van der Waals surface area contributed by atoms with Gasteiger partial charge in [0.1, 0.15) is 0 Å². The molecule has 3 aliphatic rings. The minimum absolute atomic E-state index is 0.436. The number of nitrogen functional groups attached to an aromatic ring is 1. The standard InChI is InChI=1S/C18H25N5S/c1-10-3-4-14-13(5-10)15-16(24-14)17(21-18(19)20-15)23-8-11-6-22(2)7-12(11)9-23/h10-12H,3-9H2,1-2H3,(H2,19,20,21)/t10?,11-,12+. The lowest BCUT2D eigenvalue weighted by Crippen LogP contribution is -2.27. The predicted molar refractivity (Wildman–Crippen MR) is 99.7 cm³/mol. The van der Waals surface area contributed by atoms with Crippen LogP contribution in [0.25, 0.3) is 10.2 Å². The largest absolute Gasteiger partial charge is 0.368 e. The van der Waals surface area contributed by atoms with Crippen molar-refractivity contribution < 1.29 is 0 Å². The number of fused-ring (bicyclic) bond motifs is 4. The van der Waals surface area contributed by atoms with E-state index in [-0.39, 0.29) is 0 Å². The molecule has 2 N–H and O–H groups in total. The van der Waals surface area contributed by atoms with Gasteiger partial charge >= 0.3 is 0 Å². The molecule has 2 aliphatic heterocycles. The normalized spacial score (nSPS) is 30.1. The van der Waals surface area contributed by atoms with Crippen LogP contribution in [0.5, 0.6) is 0 Å². The third-order valence-corrected chi connectivity index (χ3v) is 7.37. The van der Waals surface area contributed by atoms with Crippen molar-refractivity contribution in [1.29, 1.82) is 0 Å². The summed E-state index contributed by atoms with van der Waals surface area (Å²) in [6.07, 6.45) is 3.62. The van der Waals surface area contributed by atoms with E-state index in [0.29, 0.717) is 5.95 Å². The Morgan fingerprint density at radius 1 is 1.12 bits per heavy atom. The summed E-state index contributed by atoms with van der Waals surface area (Å²) < 4.78 is 1.27. The third kappa shape index (κ3) is 2.23. The Balaban J connectivity index is 1.57. The van der Waals surface area contributed by atoms with Gasteiger partial charge in [0.05, 0.1) is 10.2 Å². The number of thiophene rings is 1. The first-order chi connectivity index (χ1) is 11.6. The SMILES string of the molecule is CC1CCc2sc3c(N4C[C@H]5CN(C)C[C@H]5C4)nc(N)nc3c2C1. The zero-order valence-corrected chi connectivity index (χ0v) is 15.3. The van der Waals surface area contributed by atoms with E-state index >= 15 is 0 Å². The molecule has 0 radical (unpaired) electrons. The number of aryl methyl sites for hydroxylation is 1. The second-order valence-electron chi connectivity index (χ2n) is 8.08. The van der Waals surface area contributed by atoms with Crippen LogP contribution in [-0.4, -0.2) is 48.1 Å². The van der Waals surface area contributed by atoms with Gasteiger partial charge in [0.25, 0.3) is 0 Å². The van der Waals surface area contributed by atoms with E-state index in [2.05, 4.69) is 33.7 Å². The molecule has 0 saturated carbocycles. The van der Waals surface area contributed by atoms with Crippen molar-refractivity contribution in [3.8, 4) is 0 Å². The molecule has 4 heterocycles. The molecule has 5 nitrogen and oxygen atoms in total. The molecule has 0 bridgehead atoms. The molecule has 2 saturated heterocycles. The van der Waals surface area contributed by atoms with E-state index in [1.165, 1.54) is 41.1 Å². The van der Waals surface area contributed by atoms with Gasteiger partial charge < -0.3 is 15.5 Å². The first kappa shape index (κ1) is 14.9. The van der Waals surface area contributed by atoms with E-state index in [4.69, 9.17) is 5.73 Å². The summed E-state index contributed by atoms with van der Waals surface area (Å²) in [6.45, 7) is 6.99. The van der Waals surface area contributed by atoms with E-state index < -0.39 is 0 Å². The molecular formula is C18H25N5S. The Hall–Kier alpha value is -1.40. The van der Waals surface area contributed by atoms with Crippen LogP contribution >= 0.6 is 11.3 Å². The second kappa shape index (κ2) is 5.30. The smallest absolute Gasteiger partial charge is 0.222 e. The van der Waals surface area contributed by atoms with Gasteiger partial charge in [-0.25, -0.2) is 4.98 Å². The molecule has 0 amide bonds. The molecular weight excluding hydrogens is 318 g/mol. The van der Waals surface area contributed by atoms with E-state index in [0.717, 1.165) is 48.6 Å². The monoisotopic (exact) mass is 343 g/mol. The Kier molecular flexibility index (Phi) is 3.29. The molecule has 3 atom stereocenters. The molecule has 2 fully saturated rings. The van der Waals surface area contributed by atoms with Gasteiger partial charge in [0.15, 0.2) is 5.82 Å². The lowest BCUT2D eigenvalue weighted by Gasteiger charge is -2.21. The highest BCUT2D eigenvalue weighted by Gasteiger charge is 2.40. The molecule has 128 valence electrons. The first-order valence-electron chi connectivity index (χ1n) is 9.09. The number of aromatic nitrogens is 2. The van der Waals surface area contributed by atoms with Crippen molar-refractivity contribution in [3.05, 3.63) is 10.4 Å². The Morgan fingerprint density at radius 2 is 1.88 bits per heavy atom. The Morgan fingerprint density at radius 3 is 2.62 bits per heavy atom. The number of nitrogens with zero attached hydrogens (tertiary/aromatic N) is 4. The maximum Gasteiger partial charge on any atom is 0.222 e. The van der Waals surface area contributed by atoms with Crippen LogP contribution in [0.15, 0.2) is 0 Å². The van der Waals surface area contributed by atoms with Crippen molar-refractivity contribution in [2.75, 3.05) is 43.9 Å². The lowest BCUT2D eigenvalue weighted by molar-refractivity contribution is 0.387. The Bertz CT molecular complexity index is 786. The van der Waals surface area contributed by atoms with E-state index in [1.54, 1.807) is 0 Å². The van der Waals surface area contributed by atoms with Gasteiger partial charge in [-0.3, -0.25) is 0 Å². The number of anilines is 2. The number of rotatable bonds is 1. The van der Waals surface area contributed by atoms with Crippen LogP contribution in [0.3, 0.4) is 0 Å². The third-order valence-electron chi connectivity index (χ3n) is 6.10. The maximum absolute atomic E-state index is 6.10. The van der Waals surface area contributed by atoms with Gasteiger partial charge in [0, 0.05) is 31.1 Å². The fourth-order valence-electron chi connectivity index (χ4n) is 4.93. The molecule has 2 aromatic rings. The van der Waals surface area contributed by atoms with Crippen molar-refractivity contribution in [1.82, 2.24) is 14.9 Å². The topological polar surface area (TPSA) is 58.3 Å². The molecule has 0 aromatic carbocycles.